The largest absolute Gasteiger partial charge is 0.508 e. The second kappa shape index (κ2) is 9.66. The predicted molar refractivity (Wildman–Crippen MR) is 112 cm³/mol. The second-order valence-corrected chi connectivity index (χ2v) is 6.08. The lowest BCUT2D eigenvalue weighted by Crippen LogP contribution is -2.32. The average molecular weight is 385 g/mol. The molecule has 0 aromatic heterocycles. The molecule has 0 spiro atoms. The summed E-state index contributed by atoms with van der Waals surface area (Å²) in [5, 5.41) is 15.9. The van der Waals surface area contributed by atoms with E-state index in [-0.39, 0.29) is 11.4 Å². The molecule has 29 heavy (non-hydrogen) atoms. The van der Waals surface area contributed by atoms with Crippen LogP contribution in [-0.4, -0.2) is 23.1 Å². The van der Waals surface area contributed by atoms with Crippen LogP contribution < -0.4 is 10.7 Å². The van der Waals surface area contributed by atoms with Crippen LogP contribution in [0.5, 0.6) is 5.75 Å². The summed E-state index contributed by atoms with van der Waals surface area (Å²) in [6, 6.07) is 24.2. The quantitative estimate of drug-likeness (QED) is 0.345. The van der Waals surface area contributed by atoms with Crippen molar-refractivity contribution in [2.24, 2.45) is 5.10 Å². The molecule has 144 valence electrons. The Balaban J connectivity index is 1.76. The summed E-state index contributed by atoms with van der Waals surface area (Å²) in [5.41, 5.74) is 4.36. The normalized spacial score (nSPS) is 11.2. The molecule has 6 heteroatoms. The fourth-order valence-corrected chi connectivity index (χ4v) is 2.44. The van der Waals surface area contributed by atoms with Gasteiger partial charge < -0.3 is 10.4 Å². The van der Waals surface area contributed by atoms with Crippen LogP contribution in [-0.2, 0) is 4.79 Å². The second-order valence-electron chi connectivity index (χ2n) is 6.08. The first kappa shape index (κ1) is 19.6. The van der Waals surface area contributed by atoms with Crippen LogP contribution in [0.3, 0.4) is 0 Å². The topological polar surface area (TPSA) is 90.8 Å². The molecule has 3 aromatic carbocycles. The number of phenolic OH excluding ortho intramolecular Hbond substituents is 1. The molecule has 0 fully saturated rings. The number of phenols is 1. The number of carbonyl (C=O) groups excluding carboxylic acids is 2. The molecule has 3 aromatic rings. The number of carbonyl (C=O) groups is 2. The summed E-state index contributed by atoms with van der Waals surface area (Å²) in [6.45, 7) is 0. The summed E-state index contributed by atoms with van der Waals surface area (Å²) in [7, 11) is 0. The molecule has 0 aliphatic rings. The highest BCUT2D eigenvalue weighted by Gasteiger charge is 2.14. The fourth-order valence-electron chi connectivity index (χ4n) is 2.44. The highest BCUT2D eigenvalue weighted by atomic mass is 16.3. The summed E-state index contributed by atoms with van der Waals surface area (Å²) in [5.74, 6) is -0.818. The Morgan fingerprint density at radius 2 is 1.41 bits per heavy atom. The van der Waals surface area contributed by atoms with Gasteiger partial charge in [-0.1, -0.05) is 48.5 Å². The molecule has 0 aliphatic carbocycles. The van der Waals surface area contributed by atoms with Crippen molar-refractivity contribution in [1.82, 2.24) is 10.7 Å². The first-order chi connectivity index (χ1) is 14.1. The fraction of sp³-hybridized carbons (Fsp3) is 0. The molecule has 2 amide bonds. The zero-order valence-electron chi connectivity index (χ0n) is 15.4. The molecule has 0 heterocycles. The number of hydrogen-bond donors (Lipinski definition) is 3. The van der Waals surface area contributed by atoms with Crippen molar-refractivity contribution in [2.75, 3.05) is 0 Å². The van der Waals surface area contributed by atoms with E-state index in [2.05, 4.69) is 15.8 Å². The average Bonchev–Trinajstić information content (AvgIpc) is 2.76. The zero-order valence-corrected chi connectivity index (χ0v) is 15.4. The monoisotopic (exact) mass is 385 g/mol. The van der Waals surface area contributed by atoms with E-state index in [4.69, 9.17) is 0 Å². The number of amides is 2. The van der Waals surface area contributed by atoms with Crippen LogP contribution >= 0.6 is 0 Å². The van der Waals surface area contributed by atoms with Gasteiger partial charge in [0.25, 0.3) is 11.8 Å². The van der Waals surface area contributed by atoms with E-state index in [1.165, 1.54) is 18.3 Å². The summed E-state index contributed by atoms with van der Waals surface area (Å²) >= 11 is 0. The number of rotatable bonds is 6. The highest BCUT2D eigenvalue weighted by molar-refractivity contribution is 6.05. The Hall–Kier alpha value is -4.19. The minimum Gasteiger partial charge on any atom is -0.508 e. The van der Waals surface area contributed by atoms with Gasteiger partial charge in [0.1, 0.15) is 11.4 Å². The number of hydrazone groups is 1. The Labute approximate surface area is 168 Å². The number of aromatic hydroxyl groups is 1. The lowest BCUT2D eigenvalue weighted by atomic mass is 10.1. The van der Waals surface area contributed by atoms with Crippen LogP contribution in [0.15, 0.2) is 95.7 Å². The number of benzene rings is 3. The summed E-state index contributed by atoms with van der Waals surface area (Å²) < 4.78 is 0. The van der Waals surface area contributed by atoms with Crippen molar-refractivity contribution < 1.29 is 14.7 Å². The van der Waals surface area contributed by atoms with Gasteiger partial charge in [-0.3, -0.25) is 9.59 Å². The molecule has 0 radical (unpaired) electrons. The Morgan fingerprint density at radius 3 is 2.07 bits per heavy atom. The van der Waals surface area contributed by atoms with Gasteiger partial charge in [0.05, 0.1) is 6.21 Å². The lowest BCUT2D eigenvalue weighted by molar-refractivity contribution is -0.117. The van der Waals surface area contributed by atoms with Crippen LogP contribution in [0.25, 0.3) is 6.08 Å². The van der Waals surface area contributed by atoms with E-state index in [9.17, 15) is 14.7 Å². The van der Waals surface area contributed by atoms with E-state index in [1.807, 2.05) is 36.4 Å². The first-order valence-electron chi connectivity index (χ1n) is 8.87. The van der Waals surface area contributed by atoms with Crippen molar-refractivity contribution in [1.29, 1.82) is 0 Å². The molecule has 3 rings (SSSR count). The van der Waals surface area contributed by atoms with E-state index in [0.29, 0.717) is 11.1 Å². The minimum absolute atomic E-state index is 0.0629. The molecule has 0 saturated heterocycles. The maximum absolute atomic E-state index is 12.6. The van der Waals surface area contributed by atoms with Crippen molar-refractivity contribution in [3.05, 3.63) is 107 Å². The maximum atomic E-state index is 12.6. The van der Waals surface area contributed by atoms with Gasteiger partial charge in [0.15, 0.2) is 0 Å². The highest BCUT2D eigenvalue weighted by Crippen LogP contribution is 2.09. The number of nitrogens with zero attached hydrogens (tertiary/aromatic N) is 1. The summed E-state index contributed by atoms with van der Waals surface area (Å²) in [4.78, 5) is 25.1. The van der Waals surface area contributed by atoms with Crippen molar-refractivity contribution in [2.45, 2.75) is 0 Å². The van der Waals surface area contributed by atoms with E-state index in [0.717, 1.165) is 5.56 Å². The first-order valence-corrected chi connectivity index (χ1v) is 8.87. The predicted octanol–water partition coefficient (Wildman–Crippen LogP) is 3.31. The van der Waals surface area contributed by atoms with Crippen LogP contribution in [0.2, 0.25) is 0 Å². The van der Waals surface area contributed by atoms with Gasteiger partial charge in [0.2, 0.25) is 0 Å². The minimum atomic E-state index is -0.562. The molecule has 6 nitrogen and oxygen atoms in total. The number of hydrogen-bond acceptors (Lipinski definition) is 4. The van der Waals surface area contributed by atoms with Crippen molar-refractivity contribution >= 4 is 24.1 Å². The smallest absolute Gasteiger partial charge is 0.287 e. The van der Waals surface area contributed by atoms with Gasteiger partial charge in [0, 0.05) is 5.56 Å². The molecule has 0 bridgehead atoms. The van der Waals surface area contributed by atoms with Crippen molar-refractivity contribution in [3.8, 4) is 5.75 Å². The van der Waals surface area contributed by atoms with Crippen molar-refractivity contribution in [3.63, 3.8) is 0 Å². The Kier molecular flexibility index (Phi) is 6.52. The molecule has 0 aliphatic heterocycles. The van der Waals surface area contributed by atoms with Gasteiger partial charge in [-0.2, -0.15) is 5.10 Å². The van der Waals surface area contributed by atoms with Gasteiger partial charge in [-0.15, -0.1) is 0 Å². The van der Waals surface area contributed by atoms with Gasteiger partial charge in [-0.05, 0) is 53.6 Å². The van der Waals surface area contributed by atoms with Gasteiger partial charge in [-0.25, -0.2) is 5.43 Å². The SMILES string of the molecule is O=C(NN=Cc1ccc(O)cc1)C(=Cc1ccccc1)NC(=O)c1ccccc1. The lowest BCUT2D eigenvalue weighted by Gasteiger charge is -2.09. The third-order valence-corrected chi connectivity index (χ3v) is 3.91. The van der Waals surface area contributed by atoms with Crippen LogP contribution in [0, 0.1) is 0 Å². The molecule has 0 atom stereocenters. The van der Waals surface area contributed by atoms with E-state index >= 15 is 0 Å². The third-order valence-electron chi connectivity index (χ3n) is 3.91. The summed E-state index contributed by atoms with van der Waals surface area (Å²) in [6.07, 6.45) is 3.02. The van der Waals surface area contributed by atoms with Gasteiger partial charge >= 0.3 is 0 Å². The third kappa shape index (κ3) is 5.90. The number of nitrogens with one attached hydrogen (secondary N) is 2. The standard InChI is InChI=1S/C23H19N3O3/c27-20-13-11-18(12-14-20)16-24-26-23(29)21(15-17-7-3-1-4-8-17)25-22(28)19-9-5-2-6-10-19/h1-16,27H,(H,25,28)(H,26,29). The van der Waals surface area contributed by atoms with Crippen LogP contribution in [0.4, 0.5) is 0 Å². The molecule has 0 saturated carbocycles. The molecule has 3 N–H and O–H groups in total. The molecule has 0 unspecified atom stereocenters. The maximum Gasteiger partial charge on any atom is 0.287 e. The Bertz CT molecular complexity index is 1030. The Morgan fingerprint density at radius 1 is 0.793 bits per heavy atom. The zero-order chi connectivity index (χ0) is 20.5. The van der Waals surface area contributed by atoms with E-state index in [1.54, 1.807) is 42.5 Å². The van der Waals surface area contributed by atoms with E-state index < -0.39 is 11.8 Å². The van der Waals surface area contributed by atoms with Crippen LogP contribution in [0.1, 0.15) is 21.5 Å². The molecular weight excluding hydrogens is 366 g/mol. The molecular formula is C23H19N3O3.